The zero-order valence-corrected chi connectivity index (χ0v) is 13.0. The molecule has 2 unspecified atom stereocenters. The second kappa shape index (κ2) is 6.94. The standard InChI is InChI=1S/C17H20ClNO2/c1-11-9-12(18)7-8-13(11)17(20)15(10-19)14-5-3-4-6-16(14)21-2/h3-9,15,17,20H,10,19H2,1-2H3. The van der Waals surface area contributed by atoms with Gasteiger partial charge in [0.1, 0.15) is 5.75 Å². The monoisotopic (exact) mass is 305 g/mol. The molecule has 0 saturated carbocycles. The van der Waals surface area contributed by atoms with Gasteiger partial charge >= 0.3 is 0 Å². The van der Waals surface area contributed by atoms with E-state index in [0.29, 0.717) is 11.6 Å². The maximum atomic E-state index is 10.7. The van der Waals surface area contributed by atoms with Gasteiger partial charge in [-0.25, -0.2) is 0 Å². The Morgan fingerprint density at radius 1 is 1.19 bits per heavy atom. The number of nitrogens with two attached hydrogens (primary N) is 1. The lowest BCUT2D eigenvalue weighted by molar-refractivity contribution is 0.145. The molecule has 3 nitrogen and oxygen atoms in total. The molecule has 0 saturated heterocycles. The van der Waals surface area contributed by atoms with Crippen LogP contribution in [-0.2, 0) is 0 Å². The van der Waals surface area contributed by atoms with Crippen LogP contribution in [0, 0.1) is 6.92 Å². The predicted octanol–water partition coefficient (Wildman–Crippen LogP) is 3.43. The van der Waals surface area contributed by atoms with Crippen LogP contribution in [0.25, 0.3) is 0 Å². The van der Waals surface area contributed by atoms with Gasteiger partial charge in [-0.3, -0.25) is 0 Å². The summed E-state index contributed by atoms with van der Waals surface area (Å²) in [5, 5.41) is 11.4. The summed E-state index contributed by atoms with van der Waals surface area (Å²) >= 11 is 5.97. The van der Waals surface area contributed by atoms with E-state index in [1.807, 2.05) is 43.3 Å². The van der Waals surface area contributed by atoms with E-state index in [0.717, 1.165) is 22.4 Å². The molecule has 4 heteroatoms. The number of hydrogen-bond acceptors (Lipinski definition) is 3. The first-order chi connectivity index (χ1) is 10.1. The van der Waals surface area contributed by atoms with Crippen LogP contribution in [0.2, 0.25) is 5.02 Å². The zero-order valence-electron chi connectivity index (χ0n) is 12.2. The Morgan fingerprint density at radius 3 is 2.52 bits per heavy atom. The van der Waals surface area contributed by atoms with Gasteiger partial charge in [0.2, 0.25) is 0 Å². The van der Waals surface area contributed by atoms with Gasteiger partial charge < -0.3 is 15.6 Å². The van der Waals surface area contributed by atoms with Crippen molar-refractivity contribution in [2.75, 3.05) is 13.7 Å². The fourth-order valence-corrected chi connectivity index (χ4v) is 2.81. The van der Waals surface area contributed by atoms with E-state index in [1.54, 1.807) is 13.2 Å². The first kappa shape index (κ1) is 15.8. The van der Waals surface area contributed by atoms with Gasteiger partial charge in [0, 0.05) is 23.0 Å². The maximum absolute atomic E-state index is 10.7. The molecule has 0 aliphatic carbocycles. The molecule has 0 spiro atoms. The van der Waals surface area contributed by atoms with E-state index >= 15 is 0 Å². The van der Waals surface area contributed by atoms with E-state index < -0.39 is 6.10 Å². The Hall–Kier alpha value is -1.55. The minimum absolute atomic E-state index is 0.235. The van der Waals surface area contributed by atoms with Gasteiger partial charge in [0.25, 0.3) is 0 Å². The molecule has 2 aromatic rings. The second-order valence-corrected chi connectivity index (χ2v) is 5.47. The van der Waals surface area contributed by atoms with Crippen molar-refractivity contribution in [1.82, 2.24) is 0 Å². The van der Waals surface area contributed by atoms with Crippen molar-refractivity contribution in [1.29, 1.82) is 0 Å². The Kier molecular flexibility index (Phi) is 5.23. The quantitative estimate of drug-likeness (QED) is 0.890. The molecule has 112 valence electrons. The maximum Gasteiger partial charge on any atom is 0.122 e. The van der Waals surface area contributed by atoms with Gasteiger partial charge in [0.15, 0.2) is 0 Å². The molecule has 0 aliphatic rings. The van der Waals surface area contributed by atoms with Crippen molar-refractivity contribution in [3.8, 4) is 5.75 Å². The molecule has 0 fully saturated rings. The molecule has 21 heavy (non-hydrogen) atoms. The van der Waals surface area contributed by atoms with Crippen LogP contribution >= 0.6 is 11.6 Å². The van der Waals surface area contributed by atoms with E-state index in [2.05, 4.69) is 0 Å². The molecule has 0 heterocycles. The summed E-state index contributed by atoms with van der Waals surface area (Å²) in [6, 6.07) is 13.1. The van der Waals surface area contributed by atoms with Crippen molar-refractivity contribution in [2.24, 2.45) is 5.73 Å². The molecule has 2 aromatic carbocycles. The number of ether oxygens (including phenoxy) is 1. The lowest BCUT2D eigenvalue weighted by atomic mass is 9.87. The minimum atomic E-state index is -0.705. The first-order valence-electron chi connectivity index (χ1n) is 6.85. The molecular weight excluding hydrogens is 286 g/mol. The Balaban J connectivity index is 2.40. The SMILES string of the molecule is COc1ccccc1C(CN)C(O)c1ccc(Cl)cc1C. The highest BCUT2D eigenvalue weighted by molar-refractivity contribution is 6.30. The largest absolute Gasteiger partial charge is 0.496 e. The molecule has 2 rings (SSSR count). The number of aryl methyl sites for hydroxylation is 1. The third-order valence-corrected chi connectivity index (χ3v) is 3.96. The second-order valence-electron chi connectivity index (χ2n) is 5.03. The van der Waals surface area contributed by atoms with Crippen LogP contribution < -0.4 is 10.5 Å². The summed E-state index contributed by atoms with van der Waals surface area (Å²) in [5.41, 5.74) is 8.59. The van der Waals surface area contributed by atoms with Crippen molar-refractivity contribution in [3.05, 3.63) is 64.2 Å². The number of aliphatic hydroxyl groups is 1. The molecule has 0 aromatic heterocycles. The summed E-state index contributed by atoms with van der Waals surface area (Å²) in [4.78, 5) is 0. The summed E-state index contributed by atoms with van der Waals surface area (Å²) in [5.74, 6) is 0.500. The van der Waals surface area contributed by atoms with E-state index in [4.69, 9.17) is 22.1 Å². The molecule has 3 N–H and O–H groups in total. The highest BCUT2D eigenvalue weighted by Gasteiger charge is 2.25. The van der Waals surface area contributed by atoms with Gasteiger partial charge in [-0.1, -0.05) is 35.9 Å². The lowest BCUT2D eigenvalue weighted by Crippen LogP contribution is -2.21. The van der Waals surface area contributed by atoms with Crippen LogP contribution in [0.1, 0.15) is 28.7 Å². The highest BCUT2D eigenvalue weighted by Crippen LogP contribution is 2.36. The Morgan fingerprint density at radius 2 is 1.90 bits per heavy atom. The number of hydrogen-bond donors (Lipinski definition) is 2. The van der Waals surface area contributed by atoms with Gasteiger partial charge in [0.05, 0.1) is 13.2 Å². The Labute approximate surface area is 130 Å². The predicted molar refractivity (Wildman–Crippen MR) is 85.9 cm³/mol. The third kappa shape index (κ3) is 3.38. The summed E-state index contributed by atoms with van der Waals surface area (Å²) in [6.45, 7) is 2.25. The third-order valence-electron chi connectivity index (χ3n) is 3.72. The van der Waals surface area contributed by atoms with Crippen LogP contribution in [0.3, 0.4) is 0 Å². The molecule has 0 aliphatic heterocycles. The number of rotatable bonds is 5. The zero-order chi connectivity index (χ0) is 15.4. The van der Waals surface area contributed by atoms with Crippen LogP contribution in [0.5, 0.6) is 5.75 Å². The molecule has 0 radical (unpaired) electrons. The van der Waals surface area contributed by atoms with Crippen molar-refractivity contribution >= 4 is 11.6 Å². The molecule has 2 atom stereocenters. The van der Waals surface area contributed by atoms with Gasteiger partial charge in [-0.2, -0.15) is 0 Å². The Bertz CT molecular complexity index is 615. The number of methoxy groups -OCH3 is 1. The highest BCUT2D eigenvalue weighted by atomic mass is 35.5. The average molecular weight is 306 g/mol. The van der Waals surface area contributed by atoms with Crippen molar-refractivity contribution in [2.45, 2.75) is 18.9 Å². The number of aliphatic hydroxyl groups excluding tert-OH is 1. The average Bonchev–Trinajstić information content (AvgIpc) is 2.48. The van der Waals surface area contributed by atoms with E-state index in [1.165, 1.54) is 0 Å². The number of benzene rings is 2. The van der Waals surface area contributed by atoms with Crippen molar-refractivity contribution < 1.29 is 9.84 Å². The van der Waals surface area contributed by atoms with Crippen molar-refractivity contribution in [3.63, 3.8) is 0 Å². The fourth-order valence-electron chi connectivity index (χ4n) is 2.59. The van der Waals surface area contributed by atoms with E-state index in [9.17, 15) is 5.11 Å². The lowest BCUT2D eigenvalue weighted by Gasteiger charge is -2.25. The van der Waals surface area contributed by atoms with E-state index in [-0.39, 0.29) is 5.92 Å². The summed E-state index contributed by atoms with van der Waals surface area (Å²) in [7, 11) is 1.62. The topological polar surface area (TPSA) is 55.5 Å². The van der Waals surface area contributed by atoms with Gasteiger partial charge in [-0.15, -0.1) is 0 Å². The summed E-state index contributed by atoms with van der Waals surface area (Å²) < 4.78 is 5.38. The molecule has 0 amide bonds. The number of halogens is 1. The van der Waals surface area contributed by atoms with Crippen LogP contribution in [0.15, 0.2) is 42.5 Å². The normalized spacial score (nSPS) is 13.8. The summed E-state index contributed by atoms with van der Waals surface area (Å²) in [6.07, 6.45) is -0.705. The van der Waals surface area contributed by atoms with Crippen LogP contribution in [0.4, 0.5) is 0 Å². The first-order valence-corrected chi connectivity index (χ1v) is 7.23. The number of para-hydroxylation sites is 1. The smallest absolute Gasteiger partial charge is 0.122 e. The van der Waals surface area contributed by atoms with Gasteiger partial charge in [-0.05, 0) is 36.2 Å². The fraction of sp³-hybridized carbons (Fsp3) is 0.294. The molecule has 0 bridgehead atoms. The molecular formula is C17H20ClNO2. The minimum Gasteiger partial charge on any atom is -0.496 e. The van der Waals surface area contributed by atoms with Crippen LogP contribution in [-0.4, -0.2) is 18.8 Å².